The molecular formula is C16H27ClN2O3. The molecule has 0 fully saturated rings. The SMILES string of the molecule is CNCCC(=O)NC(C)c1ccc(OC(C)C)c(OC)c1.Cl. The molecule has 1 amide bonds. The predicted octanol–water partition coefficient (Wildman–Crippen LogP) is 2.69. The van der Waals surface area contributed by atoms with E-state index in [1.807, 2.05) is 46.0 Å². The van der Waals surface area contributed by atoms with Crippen LogP contribution in [0.4, 0.5) is 0 Å². The maximum atomic E-state index is 11.7. The molecule has 6 heteroatoms. The summed E-state index contributed by atoms with van der Waals surface area (Å²) in [5, 5.41) is 5.93. The first-order valence-electron chi connectivity index (χ1n) is 7.26. The van der Waals surface area contributed by atoms with Crippen molar-refractivity contribution in [1.82, 2.24) is 10.6 Å². The summed E-state index contributed by atoms with van der Waals surface area (Å²) in [5.41, 5.74) is 0.987. The average Bonchev–Trinajstić information content (AvgIpc) is 2.44. The van der Waals surface area contributed by atoms with E-state index in [2.05, 4.69) is 10.6 Å². The van der Waals surface area contributed by atoms with E-state index >= 15 is 0 Å². The molecule has 0 saturated heterocycles. The van der Waals surface area contributed by atoms with Gasteiger partial charge in [-0.3, -0.25) is 4.79 Å². The summed E-state index contributed by atoms with van der Waals surface area (Å²) in [6.07, 6.45) is 0.551. The van der Waals surface area contributed by atoms with Crippen molar-refractivity contribution in [3.8, 4) is 11.5 Å². The molecule has 0 aliphatic rings. The summed E-state index contributed by atoms with van der Waals surface area (Å²) in [7, 11) is 3.44. The monoisotopic (exact) mass is 330 g/mol. The van der Waals surface area contributed by atoms with Gasteiger partial charge >= 0.3 is 0 Å². The number of hydrogen-bond donors (Lipinski definition) is 2. The summed E-state index contributed by atoms with van der Waals surface area (Å²) in [4.78, 5) is 11.7. The Balaban J connectivity index is 0.00000441. The Labute approximate surface area is 139 Å². The number of benzene rings is 1. The molecule has 1 aromatic carbocycles. The second-order valence-electron chi connectivity index (χ2n) is 5.22. The third kappa shape index (κ3) is 6.54. The fraction of sp³-hybridized carbons (Fsp3) is 0.562. The first kappa shape index (κ1) is 20.5. The van der Waals surface area contributed by atoms with Gasteiger partial charge in [0.1, 0.15) is 0 Å². The van der Waals surface area contributed by atoms with Crippen LogP contribution < -0.4 is 20.1 Å². The third-order valence-electron chi connectivity index (χ3n) is 3.03. The summed E-state index contributed by atoms with van der Waals surface area (Å²) < 4.78 is 11.0. The summed E-state index contributed by atoms with van der Waals surface area (Å²) in [6, 6.07) is 5.66. The van der Waals surface area contributed by atoms with Crippen LogP contribution >= 0.6 is 12.4 Å². The quantitative estimate of drug-likeness (QED) is 0.769. The number of carbonyl (C=O) groups excluding carboxylic acids is 1. The van der Waals surface area contributed by atoms with Crippen LogP contribution in [0.25, 0.3) is 0 Å². The summed E-state index contributed by atoms with van der Waals surface area (Å²) in [6.45, 7) is 6.56. The zero-order valence-electron chi connectivity index (χ0n) is 13.9. The molecule has 1 rings (SSSR count). The summed E-state index contributed by atoms with van der Waals surface area (Å²) in [5.74, 6) is 1.42. The van der Waals surface area contributed by atoms with Crippen LogP contribution in [-0.2, 0) is 4.79 Å². The number of ether oxygens (including phenoxy) is 2. The van der Waals surface area contributed by atoms with Gasteiger partial charge in [-0.25, -0.2) is 0 Å². The standard InChI is InChI=1S/C16H26N2O3.ClH/c1-11(2)21-14-7-6-13(10-15(14)20-5)12(3)18-16(19)8-9-17-4;/h6-7,10-12,17H,8-9H2,1-5H3,(H,18,19);1H. The Morgan fingerprint density at radius 3 is 2.45 bits per heavy atom. The Morgan fingerprint density at radius 2 is 1.91 bits per heavy atom. The maximum absolute atomic E-state index is 11.7. The molecule has 0 saturated carbocycles. The highest BCUT2D eigenvalue weighted by Crippen LogP contribution is 2.31. The van der Waals surface area contributed by atoms with E-state index in [-0.39, 0.29) is 30.5 Å². The van der Waals surface area contributed by atoms with Crippen molar-refractivity contribution < 1.29 is 14.3 Å². The number of carbonyl (C=O) groups is 1. The molecule has 0 aliphatic heterocycles. The molecule has 1 aromatic rings. The van der Waals surface area contributed by atoms with Gasteiger partial charge in [0.2, 0.25) is 5.91 Å². The second-order valence-corrected chi connectivity index (χ2v) is 5.22. The molecule has 0 aromatic heterocycles. The van der Waals surface area contributed by atoms with Gasteiger partial charge in [-0.2, -0.15) is 0 Å². The number of halogens is 1. The molecular weight excluding hydrogens is 304 g/mol. The molecule has 5 nitrogen and oxygen atoms in total. The lowest BCUT2D eigenvalue weighted by molar-refractivity contribution is -0.121. The first-order chi connectivity index (χ1) is 9.97. The number of methoxy groups -OCH3 is 1. The van der Waals surface area contributed by atoms with Crippen molar-refractivity contribution in [3.05, 3.63) is 23.8 Å². The van der Waals surface area contributed by atoms with Crippen molar-refractivity contribution in [2.45, 2.75) is 39.3 Å². The van der Waals surface area contributed by atoms with E-state index < -0.39 is 0 Å². The molecule has 2 N–H and O–H groups in total. The van der Waals surface area contributed by atoms with Crippen LogP contribution in [0.15, 0.2) is 18.2 Å². The van der Waals surface area contributed by atoms with Gasteiger partial charge in [0.05, 0.1) is 19.3 Å². The molecule has 0 spiro atoms. The first-order valence-corrected chi connectivity index (χ1v) is 7.26. The molecule has 0 radical (unpaired) electrons. The highest BCUT2D eigenvalue weighted by molar-refractivity contribution is 5.85. The van der Waals surface area contributed by atoms with Crippen LogP contribution in [0.2, 0.25) is 0 Å². The molecule has 0 aliphatic carbocycles. The van der Waals surface area contributed by atoms with Crippen molar-refractivity contribution >= 4 is 18.3 Å². The Hall–Kier alpha value is -1.46. The molecule has 1 unspecified atom stereocenters. The number of hydrogen-bond acceptors (Lipinski definition) is 4. The van der Waals surface area contributed by atoms with Gasteiger partial charge < -0.3 is 20.1 Å². The lowest BCUT2D eigenvalue weighted by atomic mass is 10.1. The minimum Gasteiger partial charge on any atom is -0.493 e. The Bertz CT molecular complexity index is 467. The van der Waals surface area contributed by atoms with E-state index in [0.29, 0.717) is 24.5 Å². The maximum Gasteiger partial charge on any atom is 0.221 e. The number of nitrogens with one attached hydrogen (secondary N) is 2. The zero-order valence-corrected chi connectivity index (χ0v) is 14.8. The number of amides is 1. The highest BCUT2D eigenvalue weighted by Gasteiger charge is 2.13. The van der Waals surface area contributed by atoms with Gasteiger partial charge in [0.25, 0.3) is 0 Å². The van der Waals surface area contributed by atoms with Crippen molar-refractivity contribution in [2.75, 3.05) is 20.7 Å². The average molecular weight is 331 g/mol. The van der Waals surface area contributed by atoms with Gasteiger partial charge in [-0.05, 0) is 45.5 Å². The highest BCUT2D eigenvalue weighted by atomic mass is 35.5. The van der Waals surface area contributed by atoms with Crippen LogP contribution in [0, 0.1) is 0 Å². The number of rotatable bonds is 8. The van der Waals surface area contributed by atoms with E-state index in [1.165, 1.54) is 0 Å². The van der Waals surface area contributed by atoms with Crippen molar-refractivity contribution in [1.29, 1.82) is 0 Å². The topological polar surface area (TPSA) is 59.6 Å². The van der Waals surface area contributed by atoms with E-state index in [4.69, 9.17) is 9.47 Å². The van der Waals surface area contributed by atoms with E-state index in [9.17, 15) is 4.79 Å². The van der Waals surface area contributed by atoms with Crippen molar-refractivity contribution in [3.63, 3.8) is 0 Å². The van der Waals surface area contributed by atoms with Crippen LogP contribution in [0.5, 0.6) is 11.5 Å². The van der Waals surface area contributed by atoms with Crippen LogP contribution in [0.3, 0.4) is 0 Å². The Morgan fingerprint density at radius 1 is 1.23 bits per heavy atom. The minimum atomic E-state index is -0.0728. The fourth-order valence-electron chi connectivity index (χ4n) is 1.94. The van der Waals surface area contributed by atoms with Crippen LogP contribution in [-0.4, -0.2) is 32.7 Å². The van der Waals surface area contributed by atoms with Gasteiger partial charge in [0, 0.05) is 13.0 Å². The van der Waals surface area contributed by atoms with Crippen LogP contribution in [0.1, 0.15) is 38.8 Å². The van der Waals surface area contributed by atoms with Gasteiger partial charge in [-0.15, -0.1) is 12.4 Å². The molecule has 126 valence electrons. The lowest BCUT2D eigenvalue weighted by Gasteiger charge is -2.18. The van der Waals surface area contributed by atoms with Crippen molar-refractivity contribution in [2.24, 2.45) is 0 Å². The third-order valence-corrected chi connectivity index (χ3v) is 3.03. The molecule has 1 atom stereocenters. The molecule has 0 heterocycles. The minimum absolute atomic E-state index is 0. The normalized spacial score (nSPS) is 11.5. The lowest BCUT2D eigenvalue weighted by Crippen LogP contribution is -2.29. The molecule has 22 heavy (non-hydrogen) atoms. The van der Waals surface area contributed by atoms with Gasteiger partial charge in [-0.1, -0.05) is 6.07 Å². The largest absolute Gasteiger partial charge is 0.493 e. The molecule has 0 bridgehead atoms. The summed E-state index contributed by atoms with van der Waals surface area (Å²) >= 11 is 0. The zero-order chi connectivity index (χ0) is 15.8. The smallest absolute Gasteiger partial charge is 0.221 e. The Kier molecular flexibility index (Phi) is 9.61. The predicted molar refractivity (Wildman–Crippen MR) is 91.1 cm³/mol. The van der Waals surface area contributed by atoms with E-state index in [1.54, 1.807) is 7.11 Å². The van der Waals surface area contributed by atoms with Gasteiger partial charge in [0.15, 0.2) is 11.5 Å². The fourth-order valence-corrected chi connectivity index (χ4v) is 1.94. The van der Waals surface area contributed by atoms with E-state index in [0.717, 1.165) is 5.56 Å². The second kappa shape index (κ2) is 10.3.